The van der Waals surface area contributed by atoms with E-state index in [1.54, 1.807) is 29.6 Å². The van der Waals surface area contributed by atoms with Gasteiger partial charge >= 0.3 is 5.97 Å². The first kappa shape index (κ1) is 17.8. The van der Waals surface area contributed by atoms with E-state index >= 15 is 0 Å². The van der Waals surface area contributed by atoms with Crippen LogP contribution in [-0.4, -0.2) is 28.5 Å². The Morgan fingerprint density at radius 1 is 1.18 bits per heavy atom. The number of oxazole rings is 1. The largest absolute Gasteiger partial charge is 0.452 e. The molecule has 2 aromatic carbocycles. The monoisotopic (exact) mass is 397 g/mol. The van der Waals surface area contributed by atoms with Gasteiger partial charge in [-0.2, -0.15) is 0 Å². The number of amides is 1. The van der Waals surface area contributed by atoms with Crippen LogP contribution in [0.4, 0.5) is 9.52 Å². The third kappa shape index (κ3) is 3.89. The summed E-state index contributed by atoms with van der Waals surface area (Å²) in [5.41, 5.74) is 2.67. The highest BCUT2D eigenvalue weighted by Gasteiger charge is 2.13. The minimum absolute atomic E-state index is 0.255. The van der Waals surface area contributed by atoms with Gasteiger partial charge in [-0.05, 0) is 42.5 Å². The summed E-state index contributed by atoms with van der Waals surface area (Å²) in [6, 6.07) is 10.5. The Balaban J connectivity index is 1.34. The molecule has 2 aromatic heterocycles. The van der Waals surface area contributed by atoms with Crippen LogP contribution in [-0.2, 0) is 9.53 Å². The summed E-state index contributed by atoms with van der Waals surface area (Å²) < 4.78 is 23.1. The third-order valence-corrected chi connectivity index (χ3v) is 4.55. The van der Waals surface area contributed by atoms with E-state index in [9.17, 15) is 14.0 Å². The number of nitrogens with zero attached hydrogens (tertiary/aromatic N) is 2. The van der Waals surface area contributed by atoms with Gasteiger partial charge in [-0.15, -0.1) is 11.3 Å². The maximum atomic E-state index is 13.0. The molecule has 0 unspecified atom stereocenters. The van der Waals surface area contributed by atoms with Gasteiger partial charge in [0.1, 0.15) is 11.3 Å². The van der Waals surface area contributed by atoms with Crippen molar-refractivity contribution in [2.24, 2.45) is 0 Å². The highest BCUT2D eigenvalue weighted by molar-refractivity contribution is 7.14. The maximum absolute atomic E-state index is 13.0. The first-order valence-corrected chi connectivity index (χ1v) is 8.98. The van der Waals surface area contributed by atoms with Gasteiger partial charge in [-0.25, -0.2) is 19.2 Å². The van der Waals surface area contributed by atoms with Crippen LogP contribution >= 0.6 is 11.3 Å². The van der Waals surface area contributed by atoms with Gasteiger partial charge in [0.15, 0.2) is 23.7 Å². The number of carbonyl (C=O) groups excluding carboxylic acids is 2. The minimum atomic E-state index is -0.653. The summed E-state index contributed by atoms with van der Waals surface area (Å²) in [4.78, 5) is 32.3. The van der Waals surface area contributed by atoms with Crippen molar-refractivity contribution < 1.29 is 23.1 Å². The van der Waals surface area contributed by atoms with E-state index in [0.29, 0.717) is 21.9 Å². The number of anilines is 1. The van der Waals surface area contributed by atoms with Crippen LogP contribution in [0.3, 0.4) is 0 Å². The first-order chi connectivity index (χ1) is 13.6. The van der Waals surface area contributed by atoms with Crippen molar-refractivity contribution in [3.8, 4) is 11.3 Å². The van der Waals surface area contributed by atoms with Crippen molar-refractivity contribution in [2.45, 2.75) is 0 Å². The molecule has 0 saturated heterocycles. The Kier molecular flexibility index (Phi) is 4.81. The minimum Gasteiger partial charge on any atom is -0.452 e. The molecule has 0 fully saturated rings. The molecular weight excluding hydrogens is 385 g/mol. The fourth-order valence-corrected chi connectivity index (χ4v) is 3.17. The number of hydrogen-bond donors (Lipinski definition) is 1. The van der Waals surface area contributed by atoms with Crippen LogP contribution in [0.5, 0.6) is 0 Å². The lowest BCUT2D eigenvalue weighted by Gasteiger charge is -2.04. The van der Waals surface area contributed by atoms with Crippen LogP contribution in [0.1, 0.15) is 10.4 Å². The molecule has 2 heterocycles. The van der Waals surface area contributed by atoms with Gasteiger partial charge in [0.25, 0.3) is 5.91 Å². The number of hydrogen-bond acceptors (Lipinski definition) is 7. The predicted molar refractivity (Wildman–Crippen MR) is 100 cm³/mol. The van der Waals surface area contributed by atoms with E-state index in [1.165, 1.54) is 35.9 Å². The Bertz CT molecular complexity index is 1150. The summed E-state index contributed by atoms with van der Waals surface area (Å²) in [6.45, 7) is -0.460. The van der Waals surface area contributed by atoms with Crippen molar-refractivity contribution in [1.82, 2.24) is 9.97 Å². The summed E-state index contributed by atoms with van der Waals surface area (Å²) in [5, 5.41) is 4.65. The number of carbonyl (C=O) groups is 2. The van der Waals surface area contributed by atoms with E-state index in [2.05, 4.69) is 15.3 Å². The zero-order chi connectivity index (χ0) is 19.5. The standard InChI is InChI=1S/C19H12FN3O4S/c20-13-4-1-11(2-5-13)15-9-28-19(22-15)23-17(24)8-26-18(25)12-3-6-14-16(7-12)27-10-21-14/h1-7,9-10H,8H2,(H,22,23,24). The second-order valence-electron chi connectivity index (χ2n) is 5.70. The number of nitrogens with one attached hydrogen (secondary N) is 1. The zero-order valence-corrected chi connectivity index (χ0v) is 15.0. The van der Waals surface area contributed by atoms with Crippen LogP contribution < -0.4 is 5.32 Å². The van der Waals surface area contributed by atoms with E-state index in [1.807, 2.05) is 0 Å². The van der Waals surface area contributed by atoms with Crippen molar-refractivity contribution in [1.29, 1.82) is 0 Å². The summed E-state index contributed by atoms with van der Waals surface area (Å²) >= 11 is 1.21. The second kappa shape index (κ2) is 7.57. The first-order valence-electron chi connectivity index (χ1n) is 8.10. The highest BCUT2D eigenvalue weighted by Crippen LogP contribution is 2.25. The van der Waals surface area contributed by atoms with Gasteiger partial charge in [-0.1, -0.05) is 0 Å². The van der Waals surface area contributed by atoms with E-state index in [-0.39, 0.29) is 11.4 Å². The normalized spacial score (nSPS) is 10.8. The summed E-state index contributed by atoms with van der Waals surface area (Å²) in [6.07, 6.45) is 1.28. The average molecular weight is 397 g/mol. The van der Waals surface area contributed by atoms with Gasteiger partial charge in [0, 0.05) is 10.9 Å². The SMILES string of the molecule is O=C(COC(=O)c1ccc2ncoc2c1)Nc1nc(-c2ccc(F)cc2)cs1. The van der Waals surface area contributed by atoms with Crippen molar-refractivity contribution in [2.75, 3.05) is 11.9 Å². The fourth-order valence-electron chi connectivity index (χ4n) is 2.44. The Labute approximate surface area is 161 Å². The lowest BCUT2D eigenvalue weighted by Crippen LogP contribution is -2.20. The Hall–Kier alpha value is -3.59. The van der Waals surface area contributed by atoms with Crippen molar-refractivity contribution >= 4 is 39.4 Å². The van der Waals surface area contributed by atoms with Crippen molar-refractivity contribution in [3.05, 3.63) is 65.6 Å². The number of benzene rings is 2. The molecule has 1 amide bonds. The van der Waals surface area contributed by atoms with Gasteiger partial charge in [-0.3, -0.25) is 10.1 Å². The van der Waals surface area contributed by atoms with E-state index < -0.39 is 18.5 Å². The van der Waals surface area contributed by atoms with Crippen LogP contribution in [0.2, 0.25) is 0 Å². The number of ether oxygens (including phenoxy) is 1. The van der Waals surface area contributed by atoms with Gasteiger partial charge in [0.05, 0.1) is 11.3 Å². The number of aromatic nitrogens is 2. The maximum Gasteiger partial charge on any atom is 0.338 e. The third-order valence-electron chi connectivity index (χ3n) is 3.79. The number of rotatable bonds is 5. The molecular formula is C19H12FN3O4S. The molecule has 0 saturated carbocycles. The molecule has 0 aliphatic carbocycles. The second-order valence-corrected chi connectivity index (χ2v) is 6.56. The Morgan fingerprint density at radius 2 is 2.00 bits per heavy atom. The van der Waals surface area contributed by atoms with Crippen LogP contribution in [0.15, 0.2) is 58.7 Å². The van der Waals surface area contributed by atoms with E-state index in [0.717, 1.165) is 5.56 Å². The van der Waals surface area contributed by atoms with Gasteiger partial charge in [0.2, 0.25) is 0 Å². The lowest BCUT2D eigenvalue weighted by molar-refractivity contribution is -0.119. The smallest absolute Gasteiger partial charge is 0.338 e. The molecule has 0 aliphatic rings. The molecule has 0 radical (unpaired) electrons. The summed E-state index contributed by atoms with van der Waals surface area (Å²) in [7, 11) is 0. The molecule has 1 N–H and O–H groups in total. The molecule has 28 heavy (non-hydrogen) atoms. The molecule has 4 rings (SSSR count). The molecule has 0 spiro atoms. The topological polar surface area (TPSA) is 94.3 Å². The molecule has 0 bridgehead atoms. The lowest BCUT2D eigenvalue weighted by atomic mass is 10.2. The molecule has 0 aliphatic heterocycles. The van der Waals surface area contributed by atoms with Gasteiger partial charge < -0.3 is 9.15 Å². The van der Waals surface area contributed by atoms with E-state index in [4.69, 9.17) is 9.15 Å². The molecule has 140 valence electrons. The number of halogens is 1. The number of fused-ring (bicyclic) bond motifs is 1. The molecule has 0 atom stereocenters. The van der Waals surface area contributed by atoms with Crippen LogP contribution in [0, 0.1) is 5.82 Å². The fraction of sp³-hybridized carbons (Fsp3) is 0.0526. The molecule has 4 aromatic rings. The Morgan fingerprint density at radius 3 is 2.82 bits per heavy atom. The molecule has 7 nitrogen and oxygen atoms in total. The summed E-state index contributed by atoms with van der Waals surface area (Å²) in [5.74, 6) is -1.51. The predicted octanol–water partition coefficient (Wildman–Crippen LogP) is 3.89. The molecule has 9 heteroatoms. The zero-order valence-electron chi connectivity index (χ0n) is 14.2. The average Bonchev–Trinajstić information content (AvgIpc) is 3.35. The number of esters is 1. The quantitative estimate of drug-likeness (QED) is 0.514. The van der Waals surface area contributed by atoms with Crippen molar-refractivity contribution in [3.63, 3.8) is 0 Å². The highest BCUT2D eigenvalue weighted by atomic mass is 32.1. The van der Waals surface area contributed by atoms with Crippen LogP contribution in [0.25, 0.3) is 22.4 Å². The number of thiazole rings is 1.